The lowest BCUT2D eigenvalue weighted by Gasteiger charge is -2.07. The molecule has 0 atom stereocenters. The Labute approximate surface area is 111 Å². The molecular formula is C15H26O3. The Bertz CT molecular complexity index is 333. The van der Waals surface area contributed by atoms with Gasteiger partial charge in [-0.3, -0.25) is 4.79 Å². The van der Waals surface area contributed by atoms with Gasteiger partial charge in [0, 0.05) is 19.1 Å². The van der Waals surface area contributed by atoms with Gasteiger partial charge in [0.25, 0.3) is 0 Å². The van der Waals surface area contributed by atoms with Crippen molar-refractivity contribution in [2.24, 2.45) is 0 Å². The summed E-state index contributed by atoms with van der Waals surface area (Å²) in [5, 5.41) is 7.00. The van der Waals surface area contributed by atoms with Crippen molar-refractivity contribution in [3.63, 3.8) is 0 Å². The zero-order chi connectivity index (χ0) is 14.6. The van der Waals surface area contributed by atoms with Crippen molar-refractivity contribution in [3.8, 4) is 5.75 Å². The summed E-state index contributed by atoms with van der Waals surface area (Å²) in [7, 11) is 2.62. The van der Waals surface area contributed by atoms with Crippen LogP contribution in [0.1, 0.15) is 38.3 Å². The summed E-state index contributed by atoms with van der Waals surface area (Å²) in [6.45, 7) is 7.84. The van der Waals surface area contributed by atoms with Crippen LogP contribution in [0.5, 0.6) is 5.75 Å². The van der Waals surface area contributed by atoms with Crippen LogP contribution in [0.15, 0.2) is 18.2 Å². The van der Waals surface area contributed by atoms with Crippen LogP contribution in [0, 0.1) is 6.92 Å². The van der Waals surface area contributed by atoms with Crippen LogP contribution in [0.3, 0.4) is 0 Å². The number of benzene rings is 1. The average Bonchev–Trinajstić information content (AvgIpc) is 2.32. The van der Waals surface area contributed by atoms with Gasteiger partial charge in [0.1, 0.15) is 11.5 Å². The summed E-state index contributed by atoms with van der Waals surface area (Å²) in [5.74, 6) is 0.949. The fourth-order valence-corrected chi connectivity index (χ4v) is 1.31. The van der Waals surface area contributed by atoms with Crippen molar-refractivity contribution in [2.75, 3.05) is 14.2 Å². The molecule has 0 heterocycles. The molecule has 1 aromatic rings. The Hall–Kier alpha value is -1.35. The molecule has 0 aliphatic rings. The first kappa shape index (κ1) is 19.0. The average molecular weight is 254 g/mol. The molecule has 0 amide bonds. The van der Waals surface area contributed by atoms with Gasteiger partial charge in [-0.25, -0.2) is 0 Å². The zero-order valence-corrected chi connectivity index (χ0v) is 12.4. The number of rotatable bonds is 3. The highest BCUT2D eigenvalue weighted by atomic mass is 16.5. The standard InChI is InChI=1S/C11H14O2.C3H8.CH4O/c1-8-4-5-11(13-3)10(6-8)7-9(2)12;1-3-2;1-2/h4-6H,7H2,1-3H3;3H2,1-2H3;2H,1H3. The first-order valence-electron chi connectivity index (χ1n) is 6.12. The number of aliphatic hydroxyl groups excluding tert-OH is 1. The van der Waals surface area contributed by atoms with Gasteiger partial charge in [0.2, 0.25) is 0 Å². The molecule has 3 heteroatoms. The van der Waals surface area contributed by atoms with Gasteiger partial charge in [0.05, 0.1) is 7.11 Å². The molecule has 0 aliphatic carbocycles. The number of carbonyl (C=O) groups excluding carboxylic acids is 1. The van der Waals surface area contributed by atoms with Crippen LogP contribution in [-0.4, -0.2) is 25.1 Å². The summed E-state index contributed by atoms with van der Waals surface area (Å²) < 4.78 is 5.15. The van der Waals surface area contributed by atoms with Crippen molar-refractivity contribution >= 4 is 5.78 Å². The smallest absolute Gasteiger partial charge is 0.134 e. The third-order valence-electron chi connectivity index (χ3n) is 1.88. The van der Waals surface area contributed by atoms with Gasteiger partial charge in [-0.1, -0.05) is 38.0 Å². The van der Waals surface area contributed by atoms with E-state index in [1.807, 2.05) is 25.1 Å². The van der Waals surface area contributed by atoms with E-state index in [4.69, 9.17) is 9.84 Å². The molecule has 0 unspecified atom stereocenters. The Morgan fingerprint density at radius 2 is 1.78 bits per heavy atom. The van der Waals surface area contributed by atoms with Gasteiger partial charge in [-0.05, 0) is 19.9 Å². The molecule has 0 saturated carbocycles. The fourth-order valence-electron chi connectivity index (χ4n) is 1.31. The van der Waals surface area contributed by atoms with E-state index < -0.39 is 0 Å². The summed E-state index contributed by atoms with van der Waals surface area (Å²) >= 11 is 0. The summed E-state index contributed by atoms with van der Waals surface area (Å²) in [6.07, 6.45) is 1.70. The summed E-state index contributed by atoms with van der Waals surface area (Å²) in [5.41, 5.74) is 2.12. The number of Topliss-reactive ketones (excluding diaryl/α,β-unsaturated/α-hetero) is 1. The van der Waals surface area contributed by atoms with Crippen molar-refractivity contribution in [1.82, 2.24) is 0 Å². The summed E-state index contributed by atoms with van der Waals surface area (Å²) in [6, 6.07) is 5.86. The summed E-state index contributed by atoms with van der Waals surface area (Å²) in [4.78, 5) is 10.9. The Morgan fingerprint density at radius 1 is 1.28 bits per heavy atom. The van der Waals surface area contributed by atoms with E-state index in [-0.39, 0.29) is 5.78 Å². The predicted molar refractivity (Wildman–Crippen MR) is 76.2 cm³/mol. The number of carbonyl (C=O) groups is 1. The maximum atomic E-state index is 10.9. The van der Waals surface area contributed by atoms with Crippen molar-refractivity contribution in [1.29, 1.82) is 0 Å². The normalized spacial score (nSPS) is 8.39. The molecule has 0 radical (unpaired) electrons. The predicted octanol–water partition coefficient (Wildman–Crippen LogP) is 3.16. The second-order valence-corrected chi connectivity index (χ2v) is 3.90. The quantitative estimate of drug-likeness (QED) is 0.901. The molecule has 104 valence electrons. The minimum atomic E-state index is 0.156. The molecule has 0 saturated heterocycles. The lowest BCUT2D eigenvalue weighted by molar-refractivity contribution is -0.116. The van der Waals surface area contributed by atoms with Crippen molar-refractivity contribution < 1.29 is 14.6 Å². The molecule has 18 heavy (non-hydrogen) atoms. The van der Waals surface area contributed by atoms with E-state index in [2.05, 4.69) is 13.8 Å². The number of aryl methyl sites for hydroxylation is 1. The van der Waals surface area contributed by atoms with Crippen molar-refractivity contribution in [2.45, 2.75) is 40.5 Å². The van der Waals surface area contributed by atoms with E-state index in [0.29, 0.717) is 6.42 Å². The molecule has 0 spiro atoms. The second-order valence-electron chi connectivity index (χ2n) is 3.90. The van der Waals surface area contributed by atoms with E-state index in [1.165, 1.54) is 6.42 Å². The van der Waals surface area contributed by atoms with Crippen molar-refractivity contribution in [3.05, 3.63) is 29.3 Å². The molecule has 1 rings (SSSR count). The highest BCUT2D eigenvalue weighted by Crippen LogP contribution is 2.20. The van der Waals surface area contributed by atoms with Crippen LogP contribution >= 0.6 is 0 Å². The monoisotopic (exact) mass is 254 g/mol. The van der Waals surface area contributed by atoms with E-state index >= 15 is 0 Å². The lowest BCUT2D eigenvalue weighted by Crippen LogP contribution is -1.99. The minimum absolute atomic E-state index is 0.156. The first-order chi connectivity index (χ1) is 8.54. The van der Waals surface area contributed by atoms with Gasteiger partial charge in [-0.15, -0.1) is 0 Å². The van der Waals surface area contributed by atoms with Crippen LogP contribution in [-0.2, 0) is 11.2 Å². The molecule has 0 fully saturated rings. The van der Waals surface area contributed by atoms with Crippen LogP contribution in [0.25, 0.3) is 0 Å². The topological polar surface area (TPSA) is 46.5 Å². The van der Waals surface area contributed by atoms with Crippen LogP contribution < -0.4 is 4.74 Å². The number of ether oxygens (including phenoxy) is 1. The highest BCUT2D eigenvalue weighted by Gasteiger charge is 2.04. The Kier molecular flexibility index (Phi) is 12.8. The van der Waals surface area contributed by atoms with Gasteiger partial charge in [0.15, 0.2) is 0 Å². The SMILES string of the molecule is CCC.CO.COc1ccc(C)cc1CC(C)=O. The number of methoxy groups -OCH3 is 1. The molecule has 0 bridgehead atoms. The Balaban J connectivity index is 0. The third-order valence-corrected chi connectivity index (χ3v) is 1.88. The van der Waals surface area contributed by atoms with Gasteiger partial charge in [-0.2, -0.15) is 0 Å². The minimum Gasteiger partial charge on any atom is -0.496 e. The maximum Gasteiger partial charge on any atom is 0.134 e. The largest absolute Gasteiger partial charge is 0.496 e. The second kappa shape index (κ2) is 12.1. The molecule has 0 aromatic heterocycles. The molecule has 3 nitrogen and oxygen atoms in total. The van der Waals surface area contributed by atoms with E-state index in [9.17, 15) is 4.79 Å². The van der Waals surface area contributed by atoms with Crippen LogP contribution in [0.2, 0.25) is 0 Å². The van der Waals surface area contributed by atoms with Gasteiger partial charge >= 0.3 is 0 Å². The number of hydrogen-bond donors (Lipinski definition) is 1. The maximum absolute atomic E-state index is 10.9. The zero-order valence-electron chi connectivity index (χ0n) is 12.4. The Morgan fingerprint density at radius 3 is 2.17 bits per heavy atom. The number of ketones is 1. The number of aliphatic hydroxyl groups is 1. The van der Waals surface area contributed by atoms with Gasteiger partial charge < -0.3 is 9.84 Å². The number of hydrogen-bond acceptors (Lipinski definition) is 3. The molecular weight excluding hydrogens is 228 g/mol. The third kappa shape index (κ3) is 8.76. The van der Waals surface area contributed by atoms with E-state index in [1.54, 1.807) is 14.0 Å². The molecule has 0 aliphatic heterocycles. The molecule has 1 N–H and O–H groups in total. The highest BCUT2D eigenvalue weighted by molar-refractivity contribution is 5.79. The lowest BCUT2D eigenvalue weighted by atomic mass is 10.1. The van der Waals surface area contributed by atoms with Crippen LogP contribution in [0.4, 0.5) is 0 Å². The van der Waals surface area contributed by atoms with E-state index in [0.717, 1.165) is 24.0 Å². The first-order valence-corrected chi connectivity index (χ1v) is 6.12. The fraction of sp³-hybridized carbons (Fsp3) is 0.533. The molecule has 1 aromatic carbocycles.